The summed E-state index contributed by atoms with van der Waals surface area (Å²) in [6.07, 6.45) is 6.43. The fourth-order valence-electron chi connectivity index (χ4n) is 2.74. The number of hydrogen-bond acceptors (Lipinski definition) is 2. The Labute approximate surface area is 105 Å². The summed E-state index contributed by atoms with van der Waals surface area (Å²) in [5.74, 6) is 0.771. The second kappa shape index (κ2) is 7.70. The van der Waals surface area contributed by atoms with Crippen LogP contribution in [0, 0.1) is 17.8 Å². The molecule has 1 fully saturated rings. The Morgan fingerprint density at radius 2 is 2.00 bits per heavy atom. The van der Waals surface area contributed by atoms with E-state index in [1.54, 1.807) is 0 Å². The van der Waals surface area contributed by atoms with Crippen LogP contribution in [0.4, 0.5) is 0 Å². The molecule has 0 aromatic heterocycles. The zero-order valence-electron chi connectivity index (χ0n) is 11.2. The van der Waals surface area contributed by atoms with Gasteiger partial charge in [-0.1, -0.05) is 20.3 Å². The van der Waals surface area contributed by atoms with Gasteiger partial charge in [0.2, 0.25) is 0 Å². The Kier molecular flexibility index (Phi) is 6.56. The molecule has 17 heavy (non-hydrogen) atoms. The van der Waals surface area contributed by atoms with Gasteiger partial charge >= 0.3 is 5.97 Å². The van der Waals surface area contributed by atoms with Crippen molar-refractivity contribution in [3.63, 3.8) is 0 Å². The molecule has 0 heterocycles. The smallest absolute Gasteiger partial charge is 0.306 e. The molecule has 2 N–H and O–H groups in total. The molecule has 1 aliphatic rings. The van der Waals surface area contributed by atoms with Gasteiger partial charge in [-0.15, -0.1) is 0 Å². The third-order valence-electron chi connectivity index (χ3n) is 3.90. The zero-order valence-corrected chi connectivity index (χ0v) is 11.2. The molecule has 3 nitrogen and oxygen atoms in total. The monoisotopic (exact) mass is 241 g/mol. The number of aliphatic carboxylic acids is 1. The predicted octanol–water partition coefficient (Wildman–Crippen LogP) is 2.90. The summed E-state index contributed by atoms with van der Waals surface area (Å²) < 4.78 is 0. The van der Waals surface area contributed by atoms with Crippen molar-refractivity contribution in [2.75, 3.05) is 13.1 Å². The third kappa shape index (κ3) is 5.53. The summed E-state index contributed by atoms with van der Waals surface area (Å²) in [4.78, 5) is 10.8. The first-order valence-corrected chi connectivity index (χ1v) is 7.07. The van der Waals surface area contributed by atoms with Crippen LogP contribution in [0.5, 0.6) is 0 Å². The second-order valence-corrected chi connectivity index (χ2v) is 5.61. The van der Waals surface area contributed by atoms with Crippen molar-refractivity contribution >= 4 is 5.97 Å². The minimum atomic E-state index is -0.604. The van der Waals surface area contributed by atoms with Gasteiger partial charge in [-0.05, 0) is 57.0 Å². The van der Waals surface area contributed by atoms with Crippen molar-refractivity contribution in [1.29, 1.82) is 0 Å². The molecular weight excluding hydrogens is 214 g/mol. The largest absolute Gasteiger partial charge is 0.481 e. The maximum Gasteiger partial charge on any atom is 0.306 e. The second-order valence-electron chi connectivity index (χ2n) is 5.61. The minimum Gasteiger partial charge on any atom is -0.481 e. The summed E-state index contributed by atoms with van der Waals surface area (Å²) in [6, 6.07) is 0. The summed E-state index contributed by atoms with van der Waals surface area (Å²) in [6.45, 7) is 6.69. The van der Waals surface area contributed by atoms with E-state index in [9.17, 15) is 4.79 Å². The van der Waals surface area contributed by atoms with Crippen LogP contribution in [0.15, 0.2) is 0 Å². The molecule has 0 spiro atoms. The first-order valence-electron chi connectivity index (χ1n) is 7.07. The van der Waals surface area contributed by atoms with Gasteiger partial charge in [-0.2, -0.15) is 0 Å². The van der Waals surface area contributed by atoms with Crippen LogP contribution in [0.3, 0.4) is 0 Å². The molecule has 0 bridgehead atoms. The van der Waals surface area contributed by atoms with Crippen molar-refractivity contribution < 1.29 is 9.90 Å². The average Bonchev–Trinajstić information content (AvgIpc) is 2.30. The average molecular weight is 241 g/mol. The number of carboxylic acid groups (broad SMARTS) is 1. The maximum absolute atomic E-state index is 10.8. The van der Waals surface area contributed by atoms with Crippen molar-refractivity contribution in [2.24, 2.45) is 17.8 Å². The van der Waals surface area contributed by atoms with Gasteiger partial charge in [-0.3, -0.25) is 4.79 Å². The van der Waals surface area contributed by atoms with Crippen LogP contribution in [0.2, 0.25) is 0 Å². The van der Waals surface area contributed by atoms with E-state index < -0.39 is 5.97 Å². The van der Waals surface area contributed by atoms with Crippen molar-refractivity contribution in [2.45, 2.75) is 52.4 Å². The molecule has 1 saturated carbocycles. The number of carbonyl (C=O) groups is 1. The lowest BCUT2D eigenvalue weighted by Gasteiger charge is -2.26. The minimum absolute atomic E-state index is 0.0785. The van der Waals surface area contributed by atoms with Crippen LogP contribution >= 0.6 is 0 Å². The first kappa shape index (κ1) is 14.5. The van der Waals surface area contributed by atoms with Gasteiger partial charge in [0.05, 0.1) is 5.92 Å². The van der Waals surface area contributed by atoms with E-state index in [0.29, 0.717) is 5.92 Å². The summed E-state index contributed by atoms with van der Waals surface area (Å²) >= 11 is 0. The molecule has 0 aromatic rings. The van der Waals surface area contributed by atoms with Crippen molar-refractivity contribution in [3.05, 3.63) is 0 Å². The molecule has 0 aromatic carbocycles. The van der Waals surface area contributed by atoms with E-state index in [-0.39, 0.29) is 5.92 Å². The molecule has 1 atom stereocenters. The summed E-state index contributed by atoms with van der Waals surface area (Å²) in [5, 5.41) is 12.5. The van der Waals surface area contributed by atoms with E-state index in [1.807, 2.05) is 0 Å². The van der Waals surface area contributed by atoms with E-state index in [4.69, 9.17) is 5.11 Å². The SMILES string of the molecule is CCCC(C)CNCC1CCC(C(=O)O)CC1. The number of nitrogens with one attached hydrogen (secondary N) is 1. The molecular formula is C14H27NO2. The maximum atomic E-state index is 10.8. The van der Waals surface area contributed by atoms with Gasteiger partial charge in [0.15, 0.2) is 0 Å². The van der Waals surface area contributed by atoms with Gasteiger partial charge < -0.3 is 10.4 Å². The van der Waals surface area contributed by atoms with E-state index in [1.165, 1.54) is 12.8 Å². The summed E-state index contributed by atoms with van der Waals surface area (Å²) in [7, 11) is 0. The molecule has 0 amide bonds. The quantitative estimate of drug-likeness (QED) is 0.720. The van der Waals surface area contributed by atoms with Crippen molar-refractivity contribution in [3.8, 4) is 0 Å². The van der Waals surface area contributed by atoms with Crippen molar-refractivity contribution in [1.82, 2.24) is 5.32 Å². The van der Waals surface area contributed by atoms with E-state index >= 15 is 0 Å². The number of carboxylic acids is 1. The Balaban J connectivity index is 2.08. The zero-order chi connectivity index (χ0) is 12.7. The highest BCUT2D eigenvalue weighted by Crippen LogP contribution is 2.28. The highest BCUT2D eigenvalue weighted by Gasteiger charge is 2.25. The van der Waals surface area contributed by atoms with Crippen LogP contribution < -0.4 is 5.32 Å². The molecule has 3 heteroatoms. The fraction of sp³-hybridized carbons (Fsp3) is 0.929. The lowest BCUT2D eigenvalue weighted by molar-refractivity contribution is -0.143. The first-order chi connectivity index (χ1) is 8.13. The Hall–Kier alpha value is -0.570. The van der Waals surface area contributed by atoms with Gasteiger partial charge in [0.25, 0.3) is 0 Å². The van der Waals surface area contributed by atoms with Gasteiger partial charge in [-0.25, -0.2) is 0 Å². The Morgan fingerprint density at radius 1 is 1.35 bits per heavy atom. The molecule has 1 rings (SSSR count). The molecule has 1 unspecified atom stereocenters. The predicted molar refractivity (Wildman–Crippen MR) is 70.0 cm³/mol. The highest BCUT2D eigenvalue weighted by molar-refractivity contribution is 5.69. The molecule has 0 saturated heterocycles. The summed E-state index contributed by atoms with van der Waals surface area (Å²) in [5.41, 5.74) is 0. The van der Waals surface area contributed by atoms with Crippen LogP contribution in [-0.2, 0) is 4.79 Å². The lowest BCUT2D eigenvalue weighted by atomic mass is 9.82. The normalized spacial score (nSPS) is 26.7. The van der Waals surface area contributed by atoms with Gasteiger partial charge in [0.1, 0.15) is 0 Å². The van der Waals surface area contributed by atoms with Crippen LogP contribution in [-0.4, -0.2) is 24.2 Å². The third-order valence-corrected chi connectivity index (χ3v) is 3.90. The van der Waals surface area contributed by atoms with Crippen LogP contribution in [0.1, 0.15) is 52.4 Å². The number of rotatable bonds is 7. The number of hydrogen-bond donors (Lipinski definition) is 2. The van der Waals surface area contributed by atoms with Crippen LogP contribution in [0.25, 0.3) is 0 Å². The van der Waals surface area contributed by atoms with E-state index in [0.717, 1.165) is 44.7 Å². The van der Waals surface area contributed by atoms with Gasteiger partial charge in [0, 0.05) is 0 Å². The Morgan fingerprint density at radius 3 is 2.53 bits per heavy atom. The molecule has 0 radical (unpaired) electrons. The highest BCUT2D eigenvalue weighted by atomic mass is 16.4. The fourth-order valence-corrected chi connectivity index (χ4v) is 2.74. The van der Waals surface area contributed by atoms with E-state index in [2.05, 4.69) is 19.2 Å². The standard InChI is InChI=1S/C14H27NO2/c1-3-4-11(2)9-15-10-12-5-7-13(8-6-12)14(16)17/h11-13,15H,3-10H2,1-2H3,(H,16,17). The molecule has 0 aliphatic heterocycles. The lowest BCUT2D eigenvalue weighted by Crippen LogP contribution is -2.31. The molecule has 1 aliphatic carbocycles. The topological polar surface area (TPSA) is 49.3 Å². The molecule has 100 valence electrons. The Bertz CT molecular complexity index is 222.